The highest BCUT2D eigenvalue weighted by Gasteiger charge is 2.15. The van der Waals surface area contributed by atoms with Gasteiger partial charge in [0.1, 0.15) is 10.8 Å². The highest BCUT2D eigenvalue weighted by atomic mass is 32.1. The minimum atomic E-state index is -0.213. The lowest BCUT2D eigenvalue weighted by Crippen LogP contribution is -2.21. The summed E-state index contributed by atoms with van der Waals surface area (Å²) in [6, 6.07) is 6.69. The Kier molecular flexibility index (Phi) is 3.38. The molecular weight excluding hydrogens is 237 g/mol. The standard InChI is InChI=1S/C12H14FN3S/c1-8(10-4-6-11(13)7-5-10)16(3)12-15-14-9(2)17-12/h4-8H,1-3H3. The zero-order valence-electron chi connectivity index (χ0n) is 10.0. The van der Waals surface area contributed by atoms with Crippen LogP contribution in [-0.2, 0) is 0 Å². The molecule has 1 atom stereocenters. The molecule has 1 aromatic carbocycles. The number of nitrogens with zero attached hydrogens (tertiary/aromatic N) is 3. The first-order valence-corrected chi connectivity index (χ1v) is 6.18. The Morgan fingerprint density at radius 3 is 2.41 bits per heavy atom. The largest absolute Gasteiger partial charge is 0.343 e. The number of aryl methyl sites for hydroxylation is 1. The monoisotopic (exact) mass is 251 g/mol. The lowest BCUT2D eigenvalue weighted by molar-refractivity contribution is 0.625. The number of benzene rings is 1. The van der Waals surface area contributed by atoms with Crippen molar-refractivity contribution in [3.63, 3.8) is 0 Å². The van der Waals surface area contributed by atoms with Crippen LogP contribution in [0.1, 0.15) is 23.5 Å². The third-order valence-electron chi connectivity index (χ3n) is 2.75. The maximum atomic E-state index is 12.8. The molecule has 3 nitrogen and oxygen atoms in total. The predicted molar refractivity (Wildman–Crippen MR) is 67.9 cm³/mol. The second-order valence-corrected chi connectivity index (χ2v) is 5.10. The van der Waals surface area contributed by atoms with Crippen molar-refractivity contribution in [3.05, 3.63) is 40.7 Å². The summed E-state index contributed by atoms with van der Waals surface area (Å²) in [5, 5.41) is 9.91. The van der Waals surface area contributed by atoms with Crippen molar-refractivity contribution in [2.75, 3.05) is 11.9 Å². The molecule has 0 aliphatic rings. The van der Waals surface area contributed by atoms with Crippen LogP contribution in [0.5, 0.6) is 0 Å². The van der Waals surface area contributed by atoms with E-state index in [1.807, 2.05) is 18.9 Å². The Labute approximate surface area is 104 Å². The van der Waals surface area contributed by atoms with Crippen molar-refractivity contribution in [1.82, 2.24) is 10.2 Å². The molecule has 0 saturated heterocycles. The lowest BCUT2D eigenvalue weighted by atomic mass is 10.1. The molecule has 1 heterocycles. The number of hydrogen-bond acceptors (Lipinski definition) is 4. The van der Waals surface area contributed by atoms with Gasteiger partial charge in [0.05, 0.1) is 6.04 Å². The summed E-state index contributed by atoms with van der Waals surface area (Å²) in [5.74, 6) is -0.213. The van der Waals surface area contributed by atoms with Crippen molar-refractivity contribution in [1.29, 1.82) is 0 Å². The third-order valence-corrected chi connectivity index (χ3v) is 3.68. The van der Waals surface area contributed by atoms with Crippen LogP contribution in [-0.4, -0.2) is 17.2 Å². The van der Waals surface area contributed by atoms with Crippen molar-refractivity contribution in [2.24, 2.45) is 0 Å². The maximum Gasteiger partial charge on any atom is 0.208 e. The molecule has 2 aromatic rings. The van der Waals surface area contributed by atoms with Crippen LogP contribution < -0.4 is 4.90 Å². The van der Waals surface area contributed by atoms with Crippen LogP contribution in [0.3, 0.4) is 0 Å². The molecule has 17 heavy (non-hydrogen) atoms. The smallest absolute Gasteiger partial charge is 0.208 e. The molecule has 0 bridgehead atoms. The Bertz CT molecular complexity index is 495. The summed E-state index contributed by atoms with van der Waals surface area (Å²) < 4.78 is 12.8. The Hall–Kier alpha value is -1.49. The minimum absolute atomic E-state index is 0.142. The Morgan fingerprint density at radius 2 is 1.88 bits per heavy atom. The van der Waals surface area contributed by atoms with Gasteiger partial charge in [0.15, 0.2) is 0 Å². The van der Waals surface area contributed by atoms with E-state index in [1.54, 1.807) is 23.5 Å². The second-order valence-electron chi connectivity index (χ2n) is 3.94. The molecule has 5 heteroatoms. The summed E-state index contributed by atoms with van der Waals surface area (Å²) in [6.07, 6.45) is 0. The Balaban J connectivity index is 2.19. The second kappa shape index (κ2) is 4.79. The predicted octanol–water partition coefficient (Wildman–Crippen LogP) is 3.18. The molecule has 0 fully saturated rings. The van der Waals surface area contributed by atoms with Crippen molar-refractivity contribution < 1.29 is 4.39 Å². The van der Waals surface area contributed by atoms with Crippen LogP contribution in [0.25, 0.3) is 0 Å². The van der Waals surface area contributed by atoms with Crippen molar-refractivity contribution >= 4 is 16.5 Å². The van der Waals surface area contributed by atoms with E-state index in [-0.39, 0.29) is 11.9 Å². The van der Waals surface area contributed by atoms with Gasteiger partial charge in [0.2, 0.25) is 5.13 Å². The van der Waals surface area contributed by atoms with Crippen LogP contribution >= 0.6 is 11.3 Å². The fourth-order valence-electron chi connectivity index (χ4n) is 1.56. The van der Waals surface area contributed by atoms with E-state index in [4.69, 9.17) is 0 Å². The summed E-state index contributed by atoms with van der Waals surface area (Å²) in [6.45, 7) is 3.99. The van der Waals surface area contributed by atoms with E-state index in [2.05, 4.69) is 17.1 Å². The van der Waals surface area contributed by atoms with E-state index < -0.39 is 0 Å². The van der Waals surface area contributed by atoms with Gasteiger partial charge >= 0.3 is 0 Å². The van der Waals surface area contributed by atoms with Gasteiger partial charge in [-0.1, -0.05) is 23.5 Å². The number of hydrogen-bond donors (Lipinski definition) is 0. The highest BCUT2D eigenvalue weighted by molar-refractivity contribution is 7.15. The van der Waals surface area contributed by atoms with Gasteiger partial charge in [0, 0.05) is 7.05 Å². The van der Waals surface area contributed by atoms with E-state index in [0.717, 1.165) is 15.7 Å². The molecular formula is C12H14FN3S. The van der Waals surface area contributed by atoms with Crippen LogP contribution in [0.4, 0.5) is 9.52 Å². The van der Waals surface area contributed by atoms with Crippen molar-refractivity contribution in [2.45, 2.75) is 19.9 Å². The minimum Gasteiger partial charge on any atom is -0.343 e. The zero-order valence-corrected chi connectivity index (χ0v) is 10.8. The lowest BCUT2D eigenvalue weighted by Gasteiger charge is -2.24. The van der Waals surface area contributed by atoms with Crippen LogP contribution in [0, 0.1) is 12.7 Å². The van der Waals surface area contributed by atoms with Crippen LogP contribution in [0.15, 0.2) is 24.3 Å². The third kappa shape index (κ3) is 2.61. The molecule has 0 N–H and O–H groups in total. The number of halogens is 1. The first-order chi connectivity index (χ1) is 8.08. The van der Waals surface area contributed by atoms with E-state index in [9.17, 15) is 4.39 Å². The Morgan fingerprint density at radius 1 is 1.24 bits per heavy atom. The number of anilines is 1. The first-order valence-electron chi connectivity index (χ1n) is 5.36. The molecule has 90 valence electrons. The quantitative estimate of drug-likeness (QED) is 0.839. The van der Waals surface area contributed by atoms with Crippen LogP contribution in [0.2, 0.25) is 0 Å². The summed E-state index contributed by atoms with van der Waals surface area (Å²) in [5.41, 5.74) is 1.06. The topological polar surface area (TPSA) is 29.0 Å². The molecule has 0 amide bonds. The van der Waals surface area contributed by atoms with E-state index >= 15 is 0 Å². The van der Waals surface area contributed by atoms with Gasteiger partial charge in [-0.3, -0.25) is 0 Å². The molecule has 0 saturated carbocycles. The van der Waals surface area contributed by atoms with E-state index in [0.29, 0.717) is 0 Å². The summed E-state index contributed by atoms with van der Waals surface area (Å²) in [4.78, 5) is 2.04. The average molecular weight is 251 g/mol. The highest BCUT2D eigenvalue weighted by Crippen LogP contribution is 2.27. The fourth-order valence-corrected chi connectivity index (χ4v) is 2.29. The first kappa shape index (κ1) is 12.0. The van der Waals surface area contributed by atoms with Gasteiger partial charge in [-0.05, 0) is 31.5 Å². The average Bonchev–Trinajstić information content (AvgIpc) is 2.75. The molecule has 1 unspecified atom stereocenters. The molecule has 0 radical (unpaired) electrons. The normalized spacial score (nSPS) is 12.5. The van der Waals surface area contributed by atoms with Gasteiger partial charge in [-0.25, -0.2) is 4.39 Å². The maximum absolute atomic E-state index is 12.8. The zero-order chi connectivity index (χ0) is 12.4. The van der Waals surface area contributed by atoms with Gasteiger partial charge < -0.3 is 4.90 Å². The number of aromatic nitrogens is 2. The number of rotatable bonds is 3. The molecule has 0 aliphatic heterocycles. The van der Waals surface area contributed by atoms with E-state index in [1.165, 1.54) is 12.1 Å². The van der Waals surface area contributed by atoms with Crippen molar-refractivity contribution in [3.8, 4) is 0 Å². The molecule has 1 aromatic heterocycles. The van der Waals surface area contributed by atoms with Gasteiger partial charge in [-0.15, -0.1) is 10.2 Å². The van der Waals surface area contributed by atoms with Gasteiger partial charge in [-0.2, -0.15) is 0 Å². The molecule has 0 spiro atoms. The molecule has 0 aliphatic carbocycles. The summed E-state index contributed by atoms with van der Waals surface area (Å²) >= 11 is 1.55. The SMILES string of the molecule is Cc1nnc(N(C)C(C)c2ccc(F)cc2)s1. The van der Waals surface area contributed by atoms with Gasteiger partial charge in [0.25, 0.3) is 0 Å². The fraction of sp³-hybridized carbons (Fsp3) is 0.333. The molecule has 2 rings (SSSR count). The summed E-state index contributed by atoms with van der Waals surface area (Å²) in [7, 11) is 1.97.